The van der Waals surface area contributed by atoms with Gasteiger partial charge in [0.2, 0.25) is 5.91 Å². The lowest BCUT2D eigenvalue weighted by Gasteiger charge is -2.34. The topological polar surface area (TPSA) is 52.6 Å². The quantitative estimate of drug-likeness (QED) is 0.844. The molecule has 4 nitrogen and oxygen atoms in total. The zero-order chi connectivity index (χ0) is 16.8. The lowest BCUT2D eigenvalue weighted by molar-refractivity contribution is -0.123. The van der Waals surface area contributed by atoms with Gasteiger partial charge in [-0.1, -0.05) is 19.1 Å². The molecule has 1 atom stereocenters. The van der Waals surface area contributed by atoms with Crippen LogP contribution in [0.1, 0.15) is 58.1 Å². The second kappa shape index (κ2) is 8.34. The maximum atomic E-state index is 12.4. The molecule has 1 heterocycles. The Morgan fingerprint density at radius 3 is 2.39 bits per heavy atom. The average Bonchev–Trinajstić information content (AvgIpc) is 2.54. The first kappa shape index (κ1) is 17.8. The normalized spacial score (nSPS) is 18.1. The summed E-state index contributed by atoms with van der Waals surface area (Å²) in [6.07, 6.45) is 3.70. The third-order valence-corrected chi connectivity index (χ3v) is 4.89. The van der Waals surface area contributed by atoms with Gasteiger partial charge in [-0.15, -0.1) is 0 Å². The molecule has 1 saturated heterocycles. The van der Waals surface area contributed by atoms with Gasteiger partial charge in [-0.25, -0.2) is 0 Å². The van der Waals surface area contributed by atoms with Crippen LogP contribution in [-0.2, 0) is 4.79 Å². The Balaban J connectivity index is 1.82. The van der Waals surface area contributed by atoms with E-state index in [4.69, 9.17) is 0 Å². The molecule has 2 N–H and O–H groups in total. The summed E-state index contributed by atoms with van der Waals surface area (Å²) in [5, 5.41) is 12.5. The van der Waals surface area contributed by atoms with Crippen molar-refractivity contribution in [2.45, 2.75) is 58.5 Å². The number of carbonyl (C=O) groups is 1. The van der Waals surface area contributed by atoms with Crippen molar-refractivity contribution in [3.05, 3.63) is 29.8 Å². The Labute approximate surface area is 139 Å². The largest absolute Gasteiger partial charge is 0.508 e. The van der Waals surface area contributed by atoms with Crippen LogP contribution in [0.15, 0.2) is 24.3 Å². The highest BCUT2D eigenvalue weighted by atomic mass is 16.3. The van der Waals surface area contributed by atoms with Crippen LogP contribution in [-0.4, -0.2) is 35.0 Å². The van der Waals surface area contributed by atoms with Gasteiger partial charge in [0.15, 0.2) is 0 Å². The van der Waals surface area contributed by atoms with E-state index in [0.29, 0.717) is 18.4 Å². The number of nitrogens with zero attached hydrogens (tertiary/aromatic N) is 1. The molecule has 1 aliphatic rings. The zero-order valence-corrected chi connectivity index (χ0v) is 14.6. The van der Waals surface area contributed by atoms with Crippen LogP contribution >= 0.6 is 0 Å². The molecule has 0 unspecified atom stereocenters. The first-order valence-electron chi connectivity index (χ1n) is 8.82. The summed E-state index contributed by atoms with van der Waals surface area (Å²) in [6, 6.07) is 7.73. The molecule has 0 bridgehead atoms. The summed E-state index contributed by atoms with van der Waals surface area (Å²) in [4.78, 5) is 14.8. The lowest BCUT2D eigenvalue weighted by Crippen LogP contribution is -2.40. The molecular weight excluding hydrogens is 288 g/mol. The second-order valence-electron chi connectivity index (χ2n) is 6.90. The maximum absolute atomic E-state index is 12.4. The summed E-state index contributed by atoms with van der Waals surface area (Å²) in [7, 11) is 0. The smallest absolute Gasteiger partial charge is 0.220 e. The fraction of sp³-hybridized carbons (Fsp3) is 0.632. The Kier molecular flexibility index (Phi) is 6.46. The highest BCUT2D eigenvalue weighted by Crippen LogP contribution is 2.23. The number of nitrogens with one attached hydrogen (secondary N) is 1. The van der Waals surface area contributed by atoms with Crippen LogP contribution in [0, 0.1) is 5.92 Å². The molecule has 0 saturated carbocycles. The first-order chi connectivity index (χ1) is 11.0. The fourth-order valence-electron chi connectivity index (χ4n) is 3.32. The molecule has 0 aliphatic carbocycles. The molecule has 0 spiro atoms. The van der Waals surface area contributed by atoms with Crippen LogP contribution in [0.4, 0.5) is 0 Å². The van der Waals surface area contributed by atoms with Gasteiger partial charge in [0, 0.05) is 12.5 Å². The van der Waals surface area contributed by atoms with E-state index in [-0.39, 0.29) is 17.7 Å². The van der Waals surface area contributed by atoms with E-state index in [1.54, 1.807) is 12.1 Å². The van der Waals surface area contributed by atoms with Gasteiger partial charge in [-0.2, -0.15) is 0 Å². The minimum absolute atomic E-state index is 0.0267. The van der Waals surface area contributed by atoms with Gasteiger partial charge >= 0.3 is 0 Å². The molecule has 1 aromatic rings. The van der Waals surface area contributed by atoms with Gasteiger partial charge in [-0.05, 0) is 69.8 Å². The fourth-order valence-corrected chi connectivity index (χ4v) is 3.32. The van der Waals surface area contributed by atoms with E-state index in [1.165, 1.54) is 0 Å². The summed E-state index contributed by atoms with van der Waals surface area (Å²) in [5.41, 5.74) is 1.05. The molecular formula is C19H30N2O2. The molecule has 1 aliphatic heterocycles. The standard InChI is InChI=1S/C19H30N2O2/c1-4-18(16-5-7-17(22)8-6-16)20-19(23)13-15-9-11-21(12-10-15)14(2)3/h5-8,14-15,18,22H,4,9-13H2,1-3H3,(H,20,23)/t18-/m1/s1. The number of rotatable bonds is 6. The van der Waals surface area contributed by atoms with Crippen molar-refractivity contribution in [2.24, 2.45) is 5.92 Å². The Morgan fingerprint density at radius 1 is 1.26 bits per heavy atom. The van der Waals surface area contributed by atoms with E-state index in [2.05, 4.69) is 31.0 Å². The molecule has 0 radical (unpaired) electrons. The molecule has 2 rings (SSSR count). The molecule has 0 aromatic heterocycles. The van der Waals surface area contributed by atoms with Crippen LogP contribution in [0.3, 0.4) is 0 Å². The average molecular weight is 318 g/mol. The SMILES string of the molecule is CC[C@@H](NC(=O)CC1CCN(C(C)C)CC1)c1ccc(O)cc1. The number of amides is 1. The van der Waals surface area contributed by atoms with Gasteiger partial charge in [0.05, 0.1) is 6.04 Å². The summed E-state index contributed by atoms with van der Waals surface area (Å²) in [6.45, 7) is 8.74. The molecule has 128 valence electrons. The van der Waals surface area contributed by atoms with E-state index in [9.17, 15) is 9.90 Å². The van der Waals surface area contributed by atoms with Gasteiger partial charge in [0.1, 0.15) is 5.75 Å². The number of likely N-dealkylation sites (tertiary alicyclic amines) is 1. The van der Waals surface area contributed by atoms with Crippen LogP contribution in [0.2, 0.25) is 0 Å². The van der Waals surface area contributed by atoms with Crippen molar-refractivity contribution in [2.75, 3.05) is 13.1 Å². The van der Waals surface area contributed by atoms with E-state index >= 15 is 0 Å². The number of piperidine rings is 1. The van der Waals surface area contributed by atoms with Crippen molar-refractivity contribution in [1.29, 1.82) is 0 Å². The Bertz CT molecular complexity index is 491. The number of phenolic OH excluding ortho intramolecular Hbond substituents is 1. The Morgan fingerprint density at radius 2 is 1.87 bits per heavy atom. The van der Waals surface area contributed by atoms with Crippen LogP contribution < -0.4 is 5.32 Å². The highest BCUT2D eigenvalue weighted by molar-refractivity contribution is 5.76. The monoisotopic (exact) mass is 318 g/mol. The minimum Gasteiger partial charge on any atom is -0.508 e. The number of hydrogen-bond donors (Lipinski definition) is 2. The van der Waals surface area contributed by atoms with Crippen molar-refractivity contribution in [3.63, 3.8) is 0 Å². The van der Waals surface area contributed by atoms with Gasteiger partial charge in [-0.3, -0.25) is 4.79 Å². The second-order valence-corrected chi connectivity index (χ2v) is 6.90. The first-order valence-corrected chi connectivity index (χ1v) is 8.82. The number of carbonyl (C=O) groups excluding carboxylic acids is 1. The molecule has 1 aromatic carbocycles. The van der Waals surface area contributed by atoms with Crippen molar-refractivity contribution in [1.82, 2.24) is 10.2 Å². The predicted molar refractivity (Wildman–Crippen MR) is 93.3 cm³/mol. The predicted octanol–water partition coefficient (Wildman–Crippen LogP) is 3.47. The number of aromatic hydroxyl groups is 1. The molecule has 1 amide bonds. The number of benzene rings is 1. The van der Waals surface area contributed by atoms with Gasteiger partial charge < -0.3 is 15.3 Å². The zero-order valence-electron chi connectivity index (χ0n) is 14.6. The van der Waals surface area contributed by atoms with E-state index < -0.39 is 0 Å². The van der Waals surface area contributed by atoms with E-state index in [0.717, 1.165) is 37.9 Å². The van der Waals surface area contributed by atoms with E-state index in [1.807, 2.05) is 12.1 Å². The third kappa shape index (κ3) is 5.24. The van der Waals surface area contributed by atoms with Crippen LogP contribution in [0.25, 0.3) is 0 Å². The number of phenols is 1. The highest BCUT2D eigenvalue weighted by Gasteiger charge is 2.23. The Hall–Kier alpha value is -1.55. The molecule has 4 heteroatoms. The van der Waals surface area contributed by atoms with Gasteiger partial charge in [0.25, 0.3) is 0 Å². The van der Waals surface area contributed by atoms with Crippen molar-refractivity contribution >= 4 is 5.91 Å². The molecule has 23 heavy (non-hydrogen) atoms. The lowest BCUT2D eigenvalue weighted by atomic mass is 9.92. The van der Waals surface area contributed by atoms with Crippen LogP contribution in [0.5, 0.6) is 5.75 Å². The number of hydrogen-bond acceptors (Lipinski definition) is 3. The summed E-state index contributed by atoms with van der Waals surface area (Å²) >= 11 is 0. The molecule has 1 fully saturated rings. The summed E-state index contributed by atoms with van der Waals surface area (Å²) < 4.78 is 0. The minimum atomic E-state index is 0.0267. The third-order valence-electron chi connectivity index (χ3n) is 4.89. The van der Waals surface area contributed by atoms with Crippen molar-refractivity contribution < 1.29 is 9.90 Å². The van der Waals surface area contributed by atoms with Crippen molar-refractivity contribution in [3.8, 4) is 5.75 Å². The summed E-state index contributed by atoms with van der Waals surface area (Å²) in [5.74, 6) is 0.905. The maximum Gasteiger partial charge on any atom is 0.220 e.